The van der Waals surface area contributed by atoms with Crippen molar-refractivity contribution in [2.45, 2.75) is 26.3 Å². The third-order valence-electron chi connectivity index (χ3n) is 2.16. The van der Waals surface area contributed by atoms with Gasteiger partial charge in [-0.1, -0.05) is 11.6 Å². The molecular formula is C12H16ClN3O3. The summed E-state index contributed by atoms with van der Waals surface area (Å²) >= 11 is 5.80. The van der Waals surface area contributed by atoms with Gasteiger partial charge in [-0.3, -0.25) is 4.79 Å². The van der Waals surface area contributed by atoms with Gasteiger partial charge < -0.3 is 15.4 Å². The smallest absolute Gasteiger partial charge is 0.319 e. The van der Waals surface area contributed by atoms with E-state index in [-0.39, 0.29) is 23.6 Å². The summed E-state index contributed by atoms with van der Waals surface area (Å²) in [6, 6.07) is 2.50. The zero-order chi connectivity index (χ0) is 14.3. The van der Waals surface area contributed by atoms with E-state index in [0.29, 0.717) is 12.3 Å². The van der Waals surface area contributed by atoms with Crippen LogP contribution >= 0.6 is 11.6 Å². The molecule has 2 amide bonds. The van der Waals surface area contributed by atoms with Crippen LogP contribution in [0.15, 0.2) is 18.3 Å². The maximum absolute atomic E-state index is 11.7. The van der Waals surface area contributed by atoms with Gasteiger partial charge in [0, 0.05) is 12.2 Å². The number of aromatic nitrogens is 1. The van der Waals surface area contributed by atoms with Gasteiger partial charge in [-0.25, -0.2) is 9.78 Å². The van der Waals surface area contributed by atoms with Crippen LogP contribution in [0.4, 0.5) is 10.5 Å². The quantitative estimate of drug-likeness (QED) is 0.642. The normalized spacial score (nSPS) is 11.5. The molecule has 0 aliphatic rings. The van der Waals surface area contributed by atoms with Crippen LogP contribution in [-0.2, 0) is 9.53 Å². The molecule has 1 aromatic heterocycles. The Morgan fingerprint density at radius 3 is 2.89 bits per heavy atom. The van der Waals surface area contributed by atoms with Crippen LogP contribution in [0.25, 0.3) is 0 Å². The van der Waals surface area contributed by atoms with Crippen molar-refractivity contribution in [1.82, 2.24) is 10.3 Å². The Bertz CT molecular complexity index is 454. The third kappa shape index (κ3) is 5.56. The molecule has 0 saturated carbocycles. The monoisotopic (exact) mass is 285 g/mol. The number of hydrogen-bond donors (Lipinski definition) is 2. The number of carbonyl (C=O) groups excluding carboxylic acids is 2. The third-order valence-corrected chi connectivity index (χ3v) is 2.46. The number of anilines is 1. The number of rotatable bonds is 5. The van der Waals surface area contributed by atoms with Crippen LogP contribution in [0.5, 0.6) is 0 Å². The average Bonchev–Trinajstić information content (AvgIpc) is 2.31. The zero-order valence-corrected chi connectivity index (χ0v) is 11.5. The predicted octanol–water partition coefficient (Wildman–Crippen LogP) is 2.20. The first kappa shape index (κ1) is 15.2. The highest BCUT2D eigenvalue weighted by atomic mass is 35.5. The largest absolute Gasteiger partial charge is 0.466 e. The standard InChI is InChI=1S/C12H16ClN3O3/c1-3-19-10(17)7-8(2)15-12(18)16-9-5-4-6-14-11(9)13/h4-6,8H,3,7H2,1-2H3,(H2,15,16,18)/t8-/m1/s1. The van der Waals surface area contributed by atoms with Crippen molar-refractivity contribution in [3.05, 3.63) is 23.5 Å². The Morgan fingerprint density at radius 2 is 2.26 bits per heavy atom. The molecule has 0 aromatic carbocycles. The van der Waals surface area contributed by atoms with E-state index in [2.05, 4.69) is 15.6 Å². The fourth-order valence-corrected chi connectivity index (χ4v) is 1.55. The minimum Gasteiger partial charge on any atom is -0.466 e. The molecule has 19 heavy (non-hydrogen) atoms. The molecule has 2 N–H and O–H groups in total. The van der Waals surface area contributed by atoms with Crippen molar-refractivity contribution in [2.24, 2.45) is 0 Å². The predicted molar refractivity (Wildman–Crippen MR) is 72.1 cm³/mol. The number of ether oxygens (including phenoxy) is 1. The van der Waals surface area contributed by atoms with E-state index >= 15 is 0 Å². The van der Waals surface area contributed by atoms with Crippen molar-refractivity contribution >= 4 is 29.3 Å². The van der Waals surface area contributed by atoms with Crippen molar-refractivity contribution in [3.63, 3.8) is 0 Å². The molecular weight excluding hydrogens is 270 g/mol. The summed E-state index contributed by atoms with van der Waals surface area (Å²) < 4.78 is 4.79. The van der Waals surface area contributed by atoms with E-state index in [1.165, 1.54) is 6.20 Å². The van der Waals surface area contributed by atoms with Crippen LogP contribution in [-0.4, -0.2) is 29.6 Å². The van der Waals surface area contributed by atoms with Crippen LogP contribution in [0, 0.1) is 0 Å². The molecule has 7 heteroatoms. The summed E-state index contributed by atoms with van der Waals surface area (Å²) in [6.45, 7) is 3.76. The van der Waals surface area contributed by atoms with Gasteiger partial charge in [0.05, 0.1) is 18.7 Å². The maximum atomic E-state index is 11.7. The fourth-order valence-electron chi connectivity index (χ4n) is 1.38. The molecule has 0 radical (unpaired) electrons. The van der Waals surface area contributed by atoms with Crippen LogP contribution in [0.3, 0.4) is 0 Å². The molecule has 104 valence electrons. The second-order valence-corrected chi connectivity index (χ2v) is 4.21. The molecule has 0 unspecified atom stereocenters. The number of halogens is 1. The lowest BCUT2D eigenvalue weighted by Crippen LogP contribution is -2.37. The highest BCUT2D eigenvalue weighted by Crippen LogP contribution is 2.17. The van der Waals surface area contributed by atoms with Gasteiger partial charge >= 0.3 is 12.0 Å². The summed E-state index contributed by atoms with van der Waals surface area (Å²) in [4.78, 5) is 26.7. The lowest BCUT2D eigenvalue weighted by Gasteiger charge is -2.14. The maximum Gasteiger partial charge on any atom is 0.319 e. The Labute approximate surface area is 116 Å². The van der Waals surface area contributed by atoms with Crippen molar-refractivity contribution in [1.29, 1.82) is 0 Å². The molecule has 1 atom stereocenters. The van der Waals surface area contributed by atoms with E-state index in [0.717, 1.165) is 0 Å². The first-order valence-corrected chi connectivity index (χ1v) is 6.24. The second-order valence-electron chi connectivity index (χ2n) is 3.85. The van der Waals surface area contributed by atoms with E-state index in [1.54, 1.807) is 26.0 Å². The van der Waals surface area contributed by atoms with Crippen molar-refractivity contribution < 1.29 is 14.3 Å². The molecule has 1 aromatic rings. The number of pyridine rings is 1. The van der Waals surface area contributed by atoms with Crippen LogP contribution in [0.1, 0.15) is 20.3 Å². The Balaban J connectivity index is 2.43. The minimum atomic E-state index is -0.452. The van der Waals surface area contributed by atoms with Gasteiger partial charge in [0.2, 0.25) is 0 Å². The van der Waals surface area contributed by atoms with Gasteiger partial charge in [-0.05, 0) is 26.0 Å². The molecule has 0 aliphatic heterocycles. The van der Waals surface area contributed by atoms with E-state index in [9.17, 15) is 9.59 Å². The number of amides is 2. The molecule has 0 aliphatic carbocycles. The number of carbonyl (C=O) groups is 2. The summed E-state index contributed by atoms with van der Waals surface area (Å²) in [5, 5.41) is 5.36. The number of hydrogen-bond acceptors (Lipinski definition) is 4. The van der Waals surface area contributed by atoms with Gasteiger partial charge in [0.15, 0.2) is 5.15 Å². The topological polar surface area (TPSA) is 80.3 Å². The molecule has 1 heterocycles. The first-order valence-electron chi connectivity index (χ1n) is 5.86. The van der Waals surface area contributed by atoms with Gasteiger partial charge in [-0.15, -0.1) is 0 Å². The Kier molecular flexibility index (Phi) is 6.08. The molecule has 0 fully saturated rings. The minimum absolute atomic E-state index is 0.113. The summed E-state index contributed by atoms with van der Waals surface area (Å²) in [6.07, 6.45) is 1.64. The lowest BCUT2D eigenvalue weighted by atomic mass is 10.2. The number of urea groups is 1. The van der Waals surface area contributed by atoms with Gasteiger partial charge in [0.25, 0.3) is 0 Å². The molecule has 0 bridgehead atoms. The van der Waals surface area contributed by atoms with Crippen molar-refractivity contribution in [2.75, 3.05) is 11.9 Å². The first-order chi connectivity index (χ1) is 9.02. The highest BCUT2D eigenvalue weighted by Gasteiger charge is 2.13. The average molecular weight is 286 g/mol. The summed E-state index contributed by atoms with van der Waals surface area (Å²) in [5.74, 6) is -0.352. The molecule has 1 rings (SSSR count). The number of nitrogens with zero attached hydrogens (tertiary/aromatic N) is 1. The Hall–Kier alpha value is -1.82. The summed E-state index contributed by atoms with van der Waals surface area (Å²) in [5.41, 5.74) is 0.407. The van der Waals surface area contributed by atoms with Crippen LogP contribution < -0.4 is 10.6 Å². The van der Waals surface area contributed by atoms with Crippen LogP contribution in [0.2, 0.25) is 5.15 Å². The van der Waals surface area contributed by atoms with E-state index in [4.69, 9.17) is 16.3 Å². The van der Waals surface area contributed by atoms with Crippen molar-refractivity contribution in [3.8, 4) is 0 Å². The molecule has 0 saturated heterocycles. The zero-order valence-electron chi connectivity index (χ0n) is 10.8. The van der Waals surface area contributed by atoms with Gasteiger partial charge in [0.1, 0.15) is 0 Å². The summed E-state index contributed by atoms with van der Waals surface area (Å²) in [7, 11) is 0. The van der Waals surface area contributed by atoms with E-state index < -0.39 is 6.03 Å². The number of esters is 1. The second kappa shape index (κ2) is 7.58. The van der Waals surface area contributed by atoms with Gasteiger partial charge in [-0.2, -0.15) is 0 Å². The molecule has 6 nitrogen and oxygen atoms in total. The highest BCUT2D eigenvalue weighted by molar-refractivity contribution is 6.32. The molecule has 0 spiro atoms. The SMILES string of the molecule is CCOC(=O)C[C@@H](C)NC(=O)Nc1cccnc1Cl. The number of nitrogens with one attached hydrogen (secondary N) is 2. The Morgan fingerprint density at radius 1 is 1.53 bits per heavy atom. The lowest BCUT2D eigenvalue weighted by molar-refractivity contribution is -0.143. The fraction of sp³-hybridized carbons (Fsp3) is 0.417. The van der Waals surface area contributed by atoms with E-state index in [1.807, 2.05) is 0 Å².